The number of halogens is 3. The lowest BCUT2D eigenvalue weighted by molar-refractivity contribution is 0.0922. The number of benzene rings is 1. The molecule has 5 nitrogen and oxygen atoms in total. The highest BCUT2D eigenvalue weighted by Gasteiger charge is 2.16. The van der Waals surface area contributed by atoms with E-state index < -0.39 is 29.0 Å². The number of hydrogen-bond acceptors (Lipinski definition) is 3. The van der Waals surface area contributed by atoms with Gasteiger partial charge in [0.15, 0.2) is 0 Å². The first-order valence-electron chi connectivity index (χ1n) is 6.61. The minimum Gasteiger partial charge on any atom is -0.350 e. The first-order chi connectivity index (χ1) is 11.0. The van der Waals surface area contributed by atoms with E-state index in [1.165, 1.54) is 24.4 Å². The number of pyridine rings is 1. The second kappa shape index (κ2) is 7.64. The van der Waals surface area contributed by atoms with Crippen LogP contribution in [-0.4, -0.2) is 29.9 Å². The van der Waals surface area contributed by atoms with Crippen molar-refractivity contribution in [1.82, 2.24) is 15.6 Å². The van der Waals surface area contributed by atoms with Crippen LogP contribution >= 0.6 is 11.6 Å². The largest absolute Gasteiger partial charge is 0.350 e. The van der Waals surface area contributed by atoms with Crippen molar-refractivity contribution in [3.8, 4) is 0 Å². The number of aromatic nitrogens is 1. The van der Waals surface area contributed by atoms with Crippen LogP contribution in [0.5, 0.6) is 0 Å². The number of hydrogen-bond donors (Lipinski definition) is 2. The predicted molar refractivity (Wildman–Crippen MR) is 80.3 cm³/mol. The van der Waals surface area contributed by atoms with Crippen molar-refractivity contribution in [2.45, 2.75) is 0 Å². The molecule has 8 heteroatoms. The van der Waals surface area contributed by atoms with Crippen LogP contribution in [0.3, 0.4) is 0 Å². The van der Waals surface area contributed by atoms with Crippen molar-refractivity contribution in [2.24, 2.45) is 0 Å². The normalized spacial score (nSPS) is 10.2. The van der Waals surface area contributed by atoms with E-state index in [9.17, 15) is 18.4 Å². The van der Waals surface area contributed by atoms with Gasteiger partial charge >= 0.3 is 0 Å². The van der Waals surface area contributed by atoms with Gasteiger partial charge in [-0.25, -0.2) is 13.8 Å². The first-order valence-corrected chi connectivity index (χ1v) is 6.99. The Labute approximate surface area is 135 Å². The molecule has 120 valence electrons. The molecule has 0 aliphatic heterocycles. The van der Waals surface area contributed by atoms with Crippen LogP contribution in [0, 0.1) is 11.6 Å². The average Bonchev–Trinajstić information content (AvgIpc) is 2.52. The molecule has 0 atom stereocenters. The summed E-state index contributed by atoms with van der Waals surface area (Å²) < 4.78 is 26.8. The molecule has 0 unspecified atom stereocenters. The van der Waals surface area contributed by atoms with E-state index in [0.29, 0.717) is 5.56 Å². The predicted octanol–water partition coefficient (Wildman–Crippen LogP) is 2.17. The fourth-order valence-electron chi connectivity index (χ4n) is 1.77. The van der Waals surface area contributed by atoms with Gasteiger partial charge < -0.3 is 10.6 Å². The molecule has 1 aromatic carbocycles. The van der Waals surface area contributed by atoms with Crippen LogP contribution in [0.2, 0.25) is 5.15 Å². The van der Waals surface area contributed by atoms with Gasteiger partial charge in [-0.1, -0.05) is 17.7 Å². The fourth-order valence-corrected chi connectivity index (χ4v) is 1.88. The third kappa shape index (κ3) is 4.46. The summed E-state index contributed by atoms with van der Waals surface area (Å²) in [6.07, 6.45) is 1.31. The van der Waals surface area contributed by atoms with Crippen molar-refractivity contribution < 1.29 is 18.4 Å². The first kappa shape index (κ1) is 16.8. The number of carbonyl (C=O) groups is 2. The van der Waals surface area contributed by atoms with Crippen LogP contribution in [0.4, 0.5) is 8.78 Å². The Balaban J connectivity index is 1.82. The molecule has 0 aliphatic rings. The summed E-state index contributed by atoms with van der Waals surface area (Å²) in [5.74, 6) is -3.18. The van der Waals surface area contributed by atoms with E-state index in [-0.39, 0.29) is 18.2 Å². The maximum Gasteiger partial charge on any atom is 0.257 e. The van der Waals surface area contributed by atoms with Gasteiger partial charge in [0, 0.05) is 19.3 Å². The zero-order chi connectivity index (χ0) is 16.8. The molecule has 2 N–H and O–H groups in total. The molecule has 0 saturated heterocycles. The van der Waals surface area contributed by atoms with E-state index in [4.69, 9.17) is 11.6 Å². The standard InChI is InChI=1S/C15H12ClF2N3O2/c16-12-5-4-9(8-21-12)14(22)19-6-7-20-15(23)13-10(17)2-1-3-11(13)18/h1-5,8H,6-7H2,(H,19,22)(H,20,23). The van der Waals surface area contributed by atoms with E-state index in [1.807, 2.05) is 0 Å². The number of nitrogens with zero attached hydrogens (tertiary/aromatic N) is 1. The maximum absolute atomic E-state index is 13.4. The average molecular weight is 340 g/mol. The van der Waals surface area contributed by atoms with Gasteiger partial charge in [0.2, 0.25) is 0 Å². The number of carbonyl (C=O) groups excluding carboxylic acids is 2. The fraction of sp³-hybridized carbons (Fsp3) is 0.133. The molecule has 23 heavy (non-hydrogen) atoms. The Morgan fingerprint density at radius 3 is 2.17 bits per heavy atom. The van der Waals surface area contributed by atoms with Crippen LogP contribution in [0.25, 0.3) is 0 Å². The minimum absolute atomic E-state index is 0.0133. The number of rotatable bonds is 5. The van der Waals surface area contributed by atoms with Gasteiger partial charge in [-0.15, -0.1) is 0 Å². The van der Waals surface area contributed by atoms with Gasteiger partial charge in [0.25, 0.3) is 11.8 Å². The van der Waals surface area contributed by atoms with Crippen molar-refractivity contribution >= 4 is 23.4 Å². The highest BCUT2D eigenvalue weighted by molar-refractivity contribution is 6.29. The second-order valence-electron chi connectivity index (χ2n) is 4.48. The molecular weight excluding hydrogens is 328 g/mol. The molecule has 0 spiro atoms. The van der Waals surface area contributed by atoms with E-state index >= 15 is 0 Å². The van der Waals surface area contributed by atoms with Gasteiger partial charge in [0.05, 0.1) is 5.56 Å². The van der Waals surface area contributed by atoms with Crippen molar-refractivity contribution in [2.75, 3.05) is 13.1 Å². The van der Waals surface area contributed by atoms with Crippen molar-refractivity contribution in [1.29, 1.82) is 0 Å². The Hall–Kier alpha value is -2.54. The molecule has 0 aliphatic carbocycles. The molecule has 2 rings (SSSR count). The lowest BCUT2D eigenvalue weighted by atomic mass is 10.2. The molecule has 0 radical (unpaired) electrons. The van der Waals surface area contributed by atoms with Gasteiger partial charge in [-0.3, -0.25) is 9.59 Å². The summed E-state index contributed by atoms with van der Waals surface area (Å²) in [5, 5.41) is 5.12. The molecule has 0 bridgehead atoms. The zero-order valence-corrected chi connectivity index (χ0v) is 12.5. The van der Waals surface area contributed by atoms with Gasteiger partial charge in [-0.2, -0.15) is 0 Å². The summed E-state index contributed by atoms with van der Waals surface area (Å²) >= 11 is 5.61. The Bertz CT molecular complexity index is 703. The molecule has 0 saturated carbocycles. The number of nitrogens with one attached hydrogen (secondary N) is 2. The van der Waals surface area contributed by atoms with Gasteiger partial charge in [-0.05, 0) is 24.3 Å². The second-order valence-corrected chi connectivity index (χ2v) is 4.87. The van der Waals surface area contributed by atoms with Gasteiger partial charge in [0.1, 0.15) is 22.4 Å². The van der Waals surface area contributed by atoms with E-state index in [0.717, 1.165) is 12.1 Å². The highest BCUT2D eigenvalue weighted by Crippen LogP contribution is 2.11. The summed E-state index contributed by atoms with van der Waals surface area (Å²) in [6, 6.07) is 6.12. The van der Waals surface area contributed by atoms with Crippen LogP contribution < -0.4 is 10.6 Å². The molecule has 2 aromatic rings. The Morgan fingerprint density at radius 2 is 1.61 bits per heavy atom. The van der Waals surface area contributed by atoms with E-state index in [2.05, 4.69) is 15.6 Å². The Kier molecular flexibility index (Phi) is 5.59. The van der Waals surface area contributed by atoms with Crippen LogP contribution in [-0.2, 0) is 0 Å². The molecular formula is C15H12ClF2N3O2. The van der Waals surface area contributed by atoms with Crippen molar-refractivity contribution in [3.05, 3.63) is 64.4 Å². The summed E-state index contributed by atoms with van der Waals surface area (Å²) in [7, 11) is 0. The van der Waals surface area contributed by atoms with E-state index in [1.54, 1.807) is 0 Å². The SMILES string of the molecule is O=C(NCCNC(=O)c1c(F)cccc1F)c1ccc(Cl)nc1. The highest BCUT2D eigenvalue weighted by atomic mass is 35.5. The third-order valence-corrected chi connectivity index (χ3v) is 3.10. The molecule has 0 fully saturated rings. The zero-order valence-electron chi connectivity index (χ0n) is 11.8. The summed E-state index contributed by atoms with van der Waals surface area (Å²) in [4.78, 5) is 27.2. The topological polar surface area (TPSA) is 71.1 Å². The number of amides is 2. The lowest BCUT2D eigenvalue weighted by Crippen LogP contribution is -2.35. The monoisotopic (exact) mass is 339 g/mol. The quantitative estimate of drug-likeness (QED) is 0.648. The molecule has 2 amide bonds. The minimum atomic E-state index is -0.946. The van der Waals surface area contributed by atoms with Crippen LogP contribution in [0.15, 0.2) is 36.5 Å². The third-order valence-electron chi connectivity index (χ3n) is 2.88. The molecule has 1 aromatic heterocycles. The molecule has 1 heterocycles. The van der Waals surface area contributed by atoms with Crippen LogP contribution in [0.1, 0.15) is 20.7 Å². The maximum atomic E-state index is 13.4. The summed E-state index contributed by atoms with van der Waals surface area (Å²) in [5.41, 5.74) is -0.346. The smallest absolute Gasteiger partial charge is 0.257 e. The van der Waals surface area contributed by atoms with Crippen molar-refractivity contribution in [3.63, 3.8) is 0 Å². The summed E-state index contributed by atoms with van der Waals surface area (Å²) in [6.45, 7) is 0.0998. The Morgan fingerprint density at radius 1 is 1.00 bits per heavy atom. The lowest BCUT2D eigenvalue weighted by Gasteiger charge is -2.08.